The van der Waals surface area contributed by atoms with Gasteiger partial charge in [-0.3, -0.25) is 19.2 Å². The smallest absolute Gasteiger partial charge is 0.314 e. The third kappa shape index (κ3) is 31.2. The first kappa shape index (κ1) is 48.1. The van der Waals surface area contributed by atoms with Crippen LogP contribution in [0.4, 0.5) is 4.79 Å². The molecular weight excluding hydrogens is 733 g/mol. The number of rotatable bonds is 0. The molecule has 0 radical (unpaired) electrons. The molecule has 0 aromatic carbocycles. The molecule has 8 rings (SSSR count). The molecule has 0 aromatic rings. The second-order valence-corrected chi connectivity index (χ2v) is 17.1. The molecule has 8 heterocycles. The molecule has 18 nitrogen and oxygen atoms in total. The fraction of sp³-hybridized carbons (Fsp3) is 0.848. The number of urea groups is 1. The van der Waals surface area contributed by atoms with E-state index in [1.807, 2.05) is 0 Å². The summed E-state index contributed by atoms with van der Waals surface area (Å²) in [5.41, 5.74) is 0. The van der Waals surface area contributed by atoms with Gasteiger partial charge in [-0.15, -0.1) is 0 Å². The molecule has 0 atom stereocenters. The van der Waals surface area contributed by atoms with Crippen molar-refractivity contribution in [3.8, 4) is 0 Å². The van der Waals surface area contributed by atoms with Gasteiger partial charge < -0.3 is 42.0 Å². The minimum atomic E-state index is -2.80. The van der Waals surface area contributed by atoms with Gasteiger partial charge in [0.25, 0.3) is 0 Å². The van der Waals surface area contributed by atoms with Gasteiger partial charge >= 0.3 is 12.0 Å². The number of sulfonamides is 1. The Labute approximate surface area is 315 Å². The number of ketones is 1. The Morgan fingerprint density at radius 1 is 0.453 bits per heavy atom. The Kier molecular flexibility index (Phi) is 27.6. The molecular formula is C33H64N8O10S2. The maximum absolute atomic E-state index is 10.6. The second-order valence-electron chi connectivity index (χ2n) is 12.9. The Bertz CT molecular complexity index is 1120. The molecule has 0 saturated carbocycles. The summed E-state index contributed by atoms with van der Waals surface area (Å²) in [6.45, 7) is 10.3. The van der Waals surface area contributed by atoms with Crippen molar-refractivity contribution in [1.29, 1.82) is 0 Å². The van der Waals surface area contributed by atoms with Crippen LogP contribution in [0.3, 0.4) is 0 Å². The van der Waals surface area contributed by atoms with Crippen LogP contribution in [0.5, 0.6) is 0 Å². The highest BCUT2D eigenvalue weighted by atomic mass is 32.2. The molecule has 4 amide bonds. The van der Waals surface area contributed by atoms with Crippen molar-refractivity contribution >= 4 is 49.5 Å². The lowest BCUT2D eigenvalue weighted by Crippen LogP contribution is -2.44. The molecule has 53 heavy (non-hydrogen) atoms. The normalized spacial score (nSPS) is 23.4. The third-order valence-electron chi connectivity index (χ3n) is 7.97. The van der Waals surface area contributed by atoms with Gasteiger partial charge in [-0.05, 0) is 71.0 Å². The van der Waals surface area contributed by atoms with Crippen LogP contribution in [0.1, 0.15) is 83.5 Å². The van der Waals surface area contributed by atoms with Gasteiger partial charge in [0, 0.05) is 71.5 Å². The van der Waals surface area contributed by atoms with Gasteiger partial charge in [-0.2, -0.15) is 0 Å². The Hall–Kier alpha value is -2.91. The number of Topliss-reactive ketones (excluding diaryl/α,β-unsaturated/α-hetero) is 1. The molecule has 308 valence electrons. The van der Waals surface area contributed by atoms with E-state index in [1.54, 1.807) is 0 Å². The summed E-state index contributed by atoms with van der Waals surface area (Å²) in [4.78, 5) is 51.1. The maximum atomic E-state index is 10.6. The van der Waals surface area contributed by atoms with Crippen LogP contribution in [0.2, 0.25) is 0 Å². The summed E-state index contributed by atoms with van der Waals surface area (Å²) in [7, 11) is -5.34. The quantitative estimate of drug-likeness (QED) is 0.135. The number of piperidine rings is 1. The van der Waals surface area contributed by atoms with Crippen molar-refractivity contribution in [1.82, 2.24) is 41.9 Å². The third-order valence-corrected chi connectivity index (χ3v) is 11.3. The van der Waals surface area contributed by atoms with Crippen molar-refractivity contribution in [2.75, 3.05) is 95.9 Å². The van der Waals surface area contributed by atoms with Gasteiger partial charge in [0.05, 0.1) is 30.4 Å². The number of ether oxygens (including phenoxy) is 1. The highest BCUT2D eigenvalue weighted by molar-refractivity contribution is 7.91. The van der Waals surface area contributed by atoms with Crippen molar-refractivity contribution in [3.05, 3.63) is 0 Å². The molecule has 0 unspecified atom stereocenters. The van der Waals surface area contributed by atoms with Gasteiger partial charge in [0.2, 0.25) is 21.8 Å². The van der Waals surface area contributed by atoms with E-state index in [9.17, 15) is 40.8 Å². The Balaban J connectivity index is 0.000000303. The first-order valence-corrected chi connectivity index (χ1v) is 22.4. The molecule has 8 aliphatic heterocycles. The average molecular weight is 797 g/mol. The predicted octanol–water partition coefficient (Wildman–Crippen LogP) is -1.18. The fourth-order valence-corrected chi connectivity index (χ4v) is 7.62. The number of hydrogen-bond acceptors (Lipinski definition) is 13. The van der Waals surface area contributed by atoms with Crippen molar-refractivity contribution in [2.45, 2.75) is 83.5 Å². The summed E-state index contributed by atoms with van der Waals surface area (Å²) in [6, 6.07) is -0.0463. The predicted molar refractivity (Wildman–Crippen MR) is 202 cm³/mol. The van der Waals surface area contributed by atoms with Crippen LogP contribution in [0.25, 0.3) is 0 Å². The van der Waals surface area contributed by atoms with Crippen LogP contribution in [-0.4, -0.2) is 142 Å². The van der Waals surface area contributed by atoms with E-state index in [0.29, 0.717) is 49.2 Å². The van der Waals surface area contributed by atoms with E-state index < -0.39 is 19.9 Å². The maximum Gasteiger partial charge on any atom is 0.314 e. The number of carbonyl (C=O) groups excluding carboxylic acids is 5. The minimum absolute atomic E-state index is 0.0463. The molecule has 8 saturated heterocycles. The minimum Gasteiger partial charge on any atom is -0.466 e. The number of carbonyl (C=O) groups is 5. The van der Waals surface area contributed by atoms with E-state index in [0.717, 1.165) is 104 Å². The SMILES string of the molecule is C1CCNCC1.O=C1CCCN1.O=C1CCCNCC1.O=C1CCCO1.O=C1CNCCN1.O=C1NCCN1.O=S1(=O)CCCC1.O=S1(=O)CCCN1. The van der Waals surface area contributed by atoms with Crippen LogP contribution >= 0.6 is 0 Å². The monoisotopic (exact) mass is 796 g/mol. The van der Waals surface area contributed by atoms with Crippen LogP contribution in [0.15, 0.2) is 0 Å². The number of sulfone groups is 1. The van der Waals surface area contributed by atoms with Crippen molar-refractivity contribution in [2.24, 2.45) is 0 Å². The number of nitrogens with one attached hydrogen (secondary N) is 8. The fourth-order valence-electron chi connectivity index (χ4n) is 5.01. The lowest BCUT2D eigenvalue weighted by atomic mass is 10.2. The molecule has 8 N–H and O–H groups in total. The summed E-state index contributed by atoms with van der Waals surface area (Å²) >= 11 is 0. The first-order chi connectivity index (χ1) is 25.4. The average Bonchev–Trinajstić information content (AvgIpc) is 4.01. The number of esters is 1. The van der Waals surface area contributed by atoms with Crippen LogP contribution < -0.4 is 41.9 Å². The summed E-state index contributed by atoms with van der Waals surface area (Å²) < 4.78 is 48.4. The molecule has 0 aromatic heterocycles. The highest BCUT2D eigenvalue weighted by Gasteiger charge is 2.16. The molecule has 8 fully saturated rings. The van der Waals surface area contributed by atoms with Crippen molar-refractivity contribution in [3.63, 3.8) is 0 Å². The van der Waals surface area contributed by atoms with E-state index >= 15 is 0 Å². The van der Waals surface area contributed by atoms with Gasteiger partial charge in [-0.25, -0.2) is 26.4 Å². The molecule has 8 aliphatic rings. The molecule has 0 bridgehead atoms. The van der Waals surface area contributed by atoms with Gasteiger partial charge in [0.15, 0.2) is 0 Å². The standard InChI is InChI=1S/C6H11NO.C5H11N.C4H8N2O.C4H7NO.C4H8O2S.C4H6O2.C3H6N2O.C3H7NO2S/c8-6-2-1-4-7-5-3-6;1-2-4-6-5-3-1;7-4-3-5-1-2-6-4;6-4-2-1-3-5-4;5-7(6)3-1-2-4-7;5-4-2-1-3-6-4;6-3-4-1-2-5-3;5-7(6)3-1-2-4-7/h7H,1-5H2;6H,1-5H2;5H,1-3H2,(H,6,7);1-3H2,(H,5,6);1-4H2;1-3H2;1-2H2,(H2,4,5,6);4H,1-3H2. The first-order valence-electron chi connectivity index (χ1n) is 18.9. The van der Waals surface area contributed by atoms with E-state index in [1.165, 1.54) is 32.4 Å². The highest BCUT2D eigenvalue weighted by Crippen LogP contribution is 2.08. The Morgan fingerprint density at radius 2 is 1.08 bits per heavy atom. The van der Waals surface area contributed by atoms with E-state index in [-0.39, 0.29) is 23.8 Å². The second kappa shape index (κ2) is 30.4. The van der Waals surface area contributed by atoms with E-state index in [2.05, 4.69) is 46.7 Å². The van der Waals surface area contributed by atoms with Gasteiger partial charge in [0.1, 0.15) is 15.6 Å². The molecule has 0 spiro atoms. The zero-order valence-electron chi connectivity index (χ0n) is 31.2. The lowest BCUT2D eigenvalue weighted by Gasteiger charge is -2.11. The van der Waals surface area contributed by atoms with Gasteiger partial charge in [-0.1, -0.05) is 6.42 Å². The molecule has 20 heteroatoms. The zero-order valence-corrected chi connectivity index (χ0v) is 32.8. The van der Waals surface area contributed by atoms with Crippen molar-refractivity contribution < 1.29 is 45.5 Å². The molecule has 0 aliphatic carbocycles. The number of amides is 4. The zero-order chi connectivity index (χ0) is 39.0. The van der Waals surface area contributed by atoms with Crippen LogP contribution in [-0.2, 0) is 43.8 Å². The summed E-state index contributed by atoms with van der Waals surface area (Å²) in [5, 5.41) is 19.9. The Morgan fingerprint density at radius 3 is 1.36 bits per heavy atom. The largest absolute Gasteiger partial charge is 0.466 e. The van der Waals surface area contributed by atoms with Crippen LogP contribution in [0, 0.1) is 0 Å². The topological polar surface area (TPSA) is 259 Å². The summed E-state index contributed by atoms with van der Waals surface area (Å²) in [6.07, 6.45) is 12.6. The number of cyclic esters (lactones) is 1. The number of hydrogen-bond donors (Lipinski definition) is 8. The number of piperazine rings is 1. The lowest BCUT2D eigenvalue weighted by molar-refractivity contribution is -0.138. The summed E-state index contributed by atoms with van der Waals surface area (Å²) in [5.74, 6) is 1.83. The van der Waals surface area contributed by atoms with E-state index in [4.69, 9.17) is 0 Å².